The first-order valence-electron chi connectivity index (χ1n) is 13.3. The Bertz CT molecular complexity index is 1350. The average molecular weight is 512 g/mol. The molecule has 0 unspecified atom stereocenters. The minimum atomic E-state index is -0.578. The number of hydrogen-bond acceptors (Lipinski definition) is 9. The molecule has 0 saturated carbocycles. The van der Waals surface area contributed by atoms with Crippen LogP contribution in [0.3, 0.4) is 0 Å². The molecule has 0 radical (unpaired) electrons. The van der Waals surface area contributed by atoms with Gasteiger partial charge in [0.25, 0.3) is 0 Å². The van der Waals surface area contributed by atoms with E-state index in [-0.39, 0.29) is 5.78 Å². The summed E-state index contributed by atoms with van der Waals surface area (Å²) in [5, 5.41) is 13.7. The monoisotopic (exact) mass is 511 g/mol. The second-order valence-corrected chi connectivity index (χ2v) is 10.3. The molecule has 196 valence electrons. The summed E-state index contributed by atoms with van der Waals surface area (Å²) in [4.78, 5) is 34.1. The summed E-state index contributed by atoms with van der Waals surface area (Å²) >= 11 is 0. The Morgan fingerprint density at radius 2 is 1.89 bits per heavy atom. The molecule has 4 heterocycles. The molecule has 2 N–H and O–H groups in total. The normalized spacial score (nSPS) is 20.9. The van der Waals surface area contributed by atoms with Gasteiger partial charge >= 0.3 is 0 Å². The van der Waals surface area contributed by atoms with Crippen LogP contribution >= 0.6 is 0 Å². The first-order valence-corrected chi connectivity index (χ1v) is 13.3. The third kappa shape index (κ3) is 4.52. The maximum absolute atomic E-state index is 13.4. The highest BCUT2D eigenvalue weighted by Crippen LogP contribution is 2.40. The fourth-order valence-electron chi connectivity index (χ4n) is 5.54. The molecule has 1 aliphatic carbocycles. The summed E-state index contributed by atoms with van der Waals surface area (Å²) in [7, 11) is 2.15. The second-order valence-electron chi connectivity index (χ2n) is 10.3. The number of Topliss-reactive ketones (excluding diaryl/α,β-unsaturated/α-hetero) is 1. The van der Waals surface area contributed by atoms with Gasteiger partial charge in [0.05, 0.1) is 17.4 Å². The first-order chi connectivity index (χ1) is 18.5. The predicted octanol–water partition coefficient (Wildman–Crippen LogP) is 4.02. The van der Waals surface area contributed by atoms with Gasteiger partial charge in [-0.15, -0.1) is 6.58 Å². The van der Waals surface area contributed by atoms with Crippen molar-refractivity contribution in [1.29, 1.82) is 0 Å². The highest BCUT2D eigenvalue weighted by atomic mass is 16.3. The quantitative estimate of drug-likeness (QED) is 0.456. The Morgan fingerprint density at radius 3 is 2.66 bits per heavy atom. The van der Waals surface area contributed by atoms with Crippen molar-refractivity contribution >= 4 is 34.7 Å². The van der Waals surface area contributed by atoms with Crippen molar-refractivity contribution in [3.63, 3.8) is 0 Å². The van der Waals surface area contributed by atoms with Gasteiger partial charge in [-0.05, 0) is 68.6 Å². The number of aromatic nitrogens is 3. The maximum atomic E-state index is 13.4. The molecule has 2 aromatic heterocycles. The van der Waals surface area contributed by atoms with Gasteiger partial charge in [-0.1, -0.05) is 12.1 Å². The van der Waals surface area contributed by atoms with Crippen molar-refractivity contribution in [2.24, 2.45) is 0 Å². The van der Waals surface area contributed by atoms with Crippen LogP contribution in [-0.4, -0.2) is 70.0 Å². The predicted molar refractivity (Wildman–Crippen MR) is 149 cm³/mol. The van der Waals surface area contributed by atoms with Gasteiger partial charge in [0.1, 0.15) is 11.9 Å². The number of pyridine rings is 1. The number of hydrogen-bond donors (Lipinski definition) is 2. The standard InChI is InChI=1S/C29H33N7O2/c1-3-4-5-23-27(38)22-18-30-29(31-20-8-10-21(11-9-20)35-16-14-34(2)15-17-35)33-28(22)36(23)25-13-7-19-6-12-24(37)26(19)32-25/h3,7-11,13,18,23-24,37H,1,4-6,12,14-17H2,2H3,(H,30,31,33)/t23-,24-/m1/s1. The van der Waals surface area contributed by atoms with E-state index in [1.807, 2.05) is 35.2 Å². The summed E-state index contributed by atoms with van der Waals surface area (Å²) in [6.45, 7) is 7.98. The molecule has 1 aromatic carbocycles. The number of aryl methyl sites for hydroxylation is 1. The molecule has 1 fully saturated rings. The van der Waals surface area contributed by atoms with E-state index in [0.717, 1.165) is 43.9 Å². The lowest BCUT2D eigenvalue weighted by Crippen LogP contribution is -2.44. The van der Waals surface area contributed by atoms with Gasteiger partial charge in [0.15, 0.2) is 11.6 Å². The number of nitrogens with one attached hydrogen (secondary N) is 1. The van der Waals surface area contributed by atoms with E-state index in [9.17, 15) is 9.90 Å². The zero-order valence-electron chi connectivity index (χ0n) is 21.7. The number of anilines is 5. The number of piperazine rings is 1. The third-order valence-electron chi connectivity index (χ3n) is 7.76. The lowest BCUT2D eigenvalue weighted by molar-refractivity contribution is 0.0970. The van der Waals surface area contributed by atoms with Gasteiger partial charge in [0.2, 0.25) is 5.95 Å². The fourth-order valence-corrected chi connectivity index (χ4v) is 5.54. The summed E-state index contributed by atoms with van der Waals surface area (Å²) in [5.41, 5.74) is 4.31. The van der Waals surface area contributed by atoms with E-state index < -0.39 is 12.1 Å². The smallest absolute Gasteiger partial charge is 0.229 e. The van der Waals surface area contributed by atoms with Crippen molar-refractivity contribution in [2.45, 2.75) is 37.8 Å². The van der Waals surface area contributed by atoms with Crippen LogP contribution in [0, 0.1) is 0 Å². The molecule has 3 aromatic rings. The largest absolute Gasteiger partial charge is 0.387 e. The van der Waals surface area contributed by atoms with E-state index in [1.54, 1.807) is 6.20 Å². The van der Waals surface area contributed by atoms with Gasteiger partial charge in [-0.25, -0.2) is 9.97 Å². The van der Waals surface area contributed by atoms with Crippen LogP contribution in [-0.2, 0) is 6.42 Å². The molecule has 0 amide bonds. The van der Waals surface area contributed by atoms with Gasteiger partial charge in [-0.2, -0.15) is 4.98 Å². The molecule has 0 spiro atoms. The minimum absolute atomic E-state index is 0.0206. The minimum Gasteiger partial charge on any atom is -0.387 e. The Morgan fingerprint density at radius 1 is 1.11 bits per heavy atom. The van der Waals surface area contributed by atoms with Gasteiger partial charge in [-0.3, -0.25) is 9.69 Å². The molecule has 38 heavy (non-hydrogen) atoms. The first kappa shape index (κ1) is 24.5. The average Bonchev–Trinajstić information content (AvgIpc) is 3.44. The third-order valence-corrected chi connectivity index (χ3v) is 7.76. The van der Waals surface area contributed by atoms with Crippen LogP contribution in [0.1, 0.15) is 47.0 Å². The maximum Gasteiger partial charge on any atom is 0.229 e. The van der Waals surface area contributed by atoms with Gasteiger partial charge < -0.3 is 20.2 Å². The number of carbonyl (C=O) groups is 1. The number of likely N-dealkylation sites (N-methyl/N-ethyl adjacent to an activating group) is 1. The van der Waals surface area contributed by atoms with E-state index >= 15 is 0 Å². The Hall–Kier alpha value is -3.82. The number of rotatable bonds is 7. The molecular weight excluding hydrogens is 478 g/mol. The van der Waals surface area contributed by atoms with E-state index in [0.29, 0.717) is 48.1 Å². The van der Waals surface area contributed by atoms with Crippen LogP contribution < -0.4 is 15.1 Å². The molecule has 2 atom stereocenters. The van der Waals surface area contributed by atoms with Crippen molar-refractivity contribution in [3.05, 3.63) is 72.1 Å². The molecule has 2 aliphatic heterocycles. The fraction of sp³-hybridized carbons (Fsp3) is 0.379. The molecule has 9 heteroatoms. The summed E-state index contributed by atoms with van der Waals surface area (Å²) < 4.78 is 0. The highest BCUT2D eigenvalue weighted by Gasteiger charge is 2.40. The number of benzene rings is 1. The Balaban J connectivity index is 1.28. The van der Waals surface area contributed by atoms with Crippen LogP contribution in [0.4, 0.5) is 29.0 Å². The van der Waals surface area contributed by atoms with Crippen LogP contribution in [0.2, 0.25) is 0 Å². The zero-order chi connectivity index (χ0) is 26.2. The molecule has 0 bridgehead atoms. The molecule has 1 saturated heterocycles. The SMILES string of the molecule is C=CCC[C@@H]1C(=O)c2cnc(Nc3ccc(N4CCN(C)CC4)cc3)nc2N1c1ccc2c(n1)[C@H](O)CC2. The number of allylic oxidation sites excluding steroid dienone is 1. The van der Waals surface area contributed by atoms with E-state index in [1.165, 1.54) is 5.69 Å². The second kappa shape index (κ2) is 10.2. The van der Waals surface area contributed by atoms with Gasteiger partial charge in [0, 0.05) is 43.8 Å². The zero-order valence-corrected chi connectivity index (χ0v) is 21.7. The number of fused-ring (bicyclic) bond motifs is 2. The molecule has 9 nitrogen and oxygen atoms in total. The summed E-state index contributed by atoms with van der Waals surface area (Å²) in [6.07, 6.45) is 5.61. The summed E-state index contributed by atoms with van der Waals surface area (Å²) in [5.74, 6) is 1.55. The number of nitrogens with zero attached hydrogens (tertiary/aromatic N) is 6. The molecule has 6 rings (SSSR count). The highest BCUT2D eigenvalue weighted by molar-refractivity contribution is 6.11. The topological polar surface area (TPSA) is 97.7 Å². The van der Waals surface area contributed by atoms with E-state index in [4.69, 9.17) is 9.97 Å². The van der Waals surface area contributed by atoms with Crippen molar-refractivity contribution in [3.8, 4) is 0 Å². The molecular formula is C29H33N7O2. The summed E-state index contributed by atoms with van der Waals surface area (Å²) in [6, 6.07) is 11.8. The van der Waals surface area contributed by atoms with Crippen LogP contribution in [0.5, 0.6) is 0 Å². The van der Waals surface area contributed by atoms with Crippen LogP contribution in [0.15, 0.2) is 55.3 Å². The van der Waals surface area contributed by atoms with E-state index in [2.05, 4.69) is 45.9 Å². The Kier molecular flexibility index (Phi) is 6.55. The number of ketones is 1. The van der Waals surface area contributed by atoms with Crippen molar-refractivity contribution in [1.82, 2.24) is 19.9 Å². The molecule has 3 aliphatic rings. The lowest BCUT2D eigenvalue weighted by atomic mass is 10.1. The number of aliphatic hydroxyl groups is 1. The number of aliphatic hydroxyl groups excluding tert-OH is 1. The van der Waals surface area contributed by atoms with Crippen molar-refractivity contribution in [2.75, 3.05) is 48.3 Å². The lowest BCUT2D eigenvalue weighted by Gasteiger charge is -2.34. The number of carbonyl (C=O) groups excluding carboxylic acids is 1. The van der Waals surface area contributed by atoms with Crippen LogP contribution in [0.25, 0.3) is 0 Å². The Labute approximate surface area is 222 Å². The van der Waals surface area contributed by atoms with Crippen molar-refractivity contribution < 1.29 is 9.90 Å².